The minimum Gasteiger partial charge on any atom is -0.339 e. The number of piperidine rings is 1. The van der Waals surface area contributed by atoms with Crippen molar-refractivity contribution in [3.05, 3.63) is 39.4 Å². The van der Waals surface area contributed by atoms with E-state index in [0.29, 0.717) is 23.6 Å². The fourth-order valence-electron chi connectivity index (χ4n) is 2.83. The van der Waals surface area contributed by atoms with Crippen molar-refractivity contribution in [2.75, 3.05) is 19.6 Å². The highest BCUT2D eigenvalue weighted by Gasteiger charge is 2.24. The second-order valence-electron chi connectivity index (χ2n) is 5.57. The highest BCUT2D eigenvalue weighted by atomic mass is 16.6. The van der Waals surface area contributed by atoms with Gasteiger partial charge in [0.25, 0.3) is 11.6 Å². The molecule has 0 spiro atoms. The number of carbonyl (C=O) groups is 1. The second-order valence-corrected chi connectivity index (χ2v) is 5.57. The summed E-state index contributed by atoms with van der Waals surface area (Å²) in [6, 6.07) is 4.40. The average Bonchev–Trinajstić information content (AvgIpc) is 2.47. The summed E-state index contributed by atoms with van der Waals surface area (Å²) in [5.74, 6) is 0.575. The first-order valence-electron chi connectivity index (χ1n) is 7.27. The number of nitrogens with two attached hydrogens (primary N) is 1. The van der Waals surface area contributed by atoms with Crippen LogP contribution in [-0.2, 0) is 0 Å². The molecular weight excluding hydrogens is 270 g/mol. The van der Waals surface area contributed by atoms with E-state index >= 15 is 0 Å². The number of non-ortho nitro benzene ring substituents is 1. The van der Waals surface area contributed by atoms with Gasteiger partial charge in [0.05, 0.1) is 4.92 Å². The lowest BCUT2D eigenvalue weighted by atomic mass is 9.93. The Hall–Kier alpha value is -1.95. The summed E-state index contributed by atoms with van der Waals surface area (Å²) in [6.07, 6.45) is 2.97. The minimum absolute atomic E-state index is 0.0192. The van der Waals surface area contributed by atoms with Crippen molar-refractivity contribution in [1.82, 2.24) is 4.90 Å². The van der Waals surface area contributed by atoms with Crippen molar-refractivity contribution >= 4 is 11.6 Å². The van der Waals surface area contributed by atoms with Crippen LogP contribution in [0.1, 0.15) is 35.2 Å². The molecule has 1 aliphatic rings. The number of benzene rings is 1. The molecule has 114 valence electrons. The second kappa shape index (κ2) is 6.67. The van der Waals surface area contributed by atoms with Gasteiger partial charge in [0.2, 0.25) is 0 Å². The van der Waals surface area contributed by atoms with Crippen molar-refractivity contribution in [1.29, 1.82) is 0 Å². The molecule has 2 rings (SSSR count). The zero-order valence-electron chi connectivity index (χ0n) is 12.2. The first-order chi connectivity index (χ1) is 10.0. The molecule has 0 atom stereocenters. The monoisotopic (exact) mass is 291 g/mol. The van der Waals surface area contributed by atoms with Gasteiger partial charge in [-0.2, -0.15) is 0 Å². The van der Waals surface area contributed by atoms with Crippen LogP contribution in [0.25, 0.3) is 0 Å². The van der Waals surface area contributed by atoms with Gasteiger partial charge in [-0.05, 0) is 50.3 Å². The number of hydrogen-bond acceptors (Lipinski definition) is 4. The molecule has 0 aliphatic carbocycles. The van der Waals surface area contributed by atoms with Gasteiger partial charge in [-0.25, -0.2) is 0 Å². The number of carbonyl (C=O) groups excluding carboxylic acids is 1. The van der Waals surface area contributed by atoms with Gasteiger partial charge in [-0.3, -0.25) is 14.9 Å². The molecule has 21 heavy (non-hydrogen) atoms. The highest BCUT2D eigenvalue weighted by Crippen LogP contribution is 2.23. The first-order valence-corrected chi connectivity index (χ1v) is 7.27. The van der Waals surface area contributed by atoms with Crippen LogP contribution in [0, 0.1) is 23.0 Å². The molecular formula is C15H21N3O3. The average molecular weight is 291 g/mol. The third-order valence-electron chi connectivity index (χ3n) is 4.13. The van der Waals surface area contributed by atoms with E-state index in [1.54, 1.807) is 13.0 Å². The molecule has 1 amide bonds. The van der Waals surface area contributed by atoms with Crippen LogP contribution in [0.15, 0.2) is 18.2 Å². The highest BCUT2D eigenvalue weighted by molar-refractivity contribution is 5.96. The first kappa shape index (κ1) is 15.4. The summed E-state index contributed by atoms with van der Waals surface area (Å²) < 4.78 is 0. The van der Waals surface area contributed by atoms with Crippen LogP contribution >= 0.6 is 0 Å². The van der Waals surface area contributed by atoms with Crippen molar-refractivity contribution in [3.63, 3.8) is 0 Å². The summed E-state index contributed by atoms with van der Waals surface area (Å²) in [5, 5.41) is 10.7. The van der Waals surface area contributed by atoms with Gasteiger partial charge in [-0.1, -0.05) is 0 Å². The Balaban J connectivity index is 2.06. The summed E-state index contributed by atoms with van der Waals surface area (Å²) in [7, 11) is 0. The molecule has 0 aromatic heterocycles. The standard InChI is InChI=1S/C15H21N3O3/c1-11-10-13(18(20)21)2-3-14(11)15(19)17-8-5-12(4-7-16)6-9-17/h2-3,10,12H,4-9,16H2,1H3. The van der Waals surface area contributed by atoms with Crippen LogP contribution in [-0.4, -0.2) is 35.4 Å². The van der Waals surface area contributed by atoms with Crippen molar-refractivity contribution in [3.8, 4) is 0 Å². The Morgan fingerprint density at radius 3 is 2.62 bits per heavy atom. The number of rotatable bonds is 4. The summed E-state index contributed by atoms with van der Waals surface area (Å²) in [6.45, 7) is 3.90. The van der Waals surface area contributed by atoms with E-state index in [-0.39, 0.29) is 11.6 Å². The van der Waals surface area contributed by atoms with E-state index in [0.717, 1.165) is 32.4 Å². The smallest absolute Gasteiger partial charge is 0.269 e. The third-order valence-corrected chi connectivity index (χ3v) is 4.13. The lowest BCUT2D eigenvalue weighted by Crippen LogP contribution is -2.39. The number of aryl methyl sites for hydroxylation is 1. The van der Waals surface area contributed by atoms with E-state index < -0.39 is 4.92 Å². The van der Waals surface area contributed by atoms with Gasteiger partial charge in [0.15, 0.2) is 0 Å². The molecule has 1 heterocycles. The quantitative estimate of drug-likeness (QED) is 0.679. The van der Waals surface area contributed by atoms with E-state index in [2.05, 4.69) is 0 Å². The Kier molecular flexibility index (Phi) is 4.90. The number of nitrogens with zero attached hydrogens (tertiary/aromatic N) is 2. The number of amides is 1. The molecule has 6 nitrogen and oxygen atoms in total. The molecule has 6 heteroatoms. The lowest BCUT2D eigenvalue weighted by molar-refractivity contribution is -0.384. The number of nitro groups is 1. The van der Waals surface area contributed by atoms with Crippen molar-refractivity contribution < 1.29 is 9.72 Å². The normalized spacial score (nSPS) is 16.0. The summed E-state index contributed by atoms with van der Waals surface area (Å²) in [5.41, 5.74) is 6.79. The Bertz CT molecular complexity index is 537. The van der Waals surface area contributed by atoms with Crippen LogP contribution in [0.5, 0.6) is 0 Å². The topological polar surface area (TPSA) is 89.5 Å². The fourth-order valence-corrected chi connectivity index (χ4v) is 2.83. The number of hydrogen-bond donors (Lipinski definition) is 1. The van der Waals surface area contributed by atoms with Crippen LogP contribution < -0.4 is 5.73 Å². The van der Waals surface area contributed by atoms with Crippen LogP contribution in [0.4, 0.5) is 5.69 Å². The fraction of sp³-hybridized carbons (Fsp3) is 0.533. The van der Waals surface area contributed by atoms with Gasteiger partial charge >= 0.3 is 0 Å². The zero-order valence-corrected chi connectivity index (χ0v) is 12.2. The van der Waals surface area contributed by atoms with Crippen molar-refractivity contribution in [2.24, 2.45) is 11.7 Å². The molecule has 0 saturated carbocycles. The molecule has 1 aromatic rings. The summed E-state index contributed by atoms with van der Waals surface area (Å²) >= 11 is 0. The lowest BCUT2D eigenvalue weighted by Gasteiger charge is -2.32. The number of likely N-dealkylation sites (tertiary alicyclic amines) is 1. The number of nitro benzene ring substituents is 1. The maximum absolute atomic E-state index is 12.5. The Morgan fingerprint density at radius 2 is 2.10 bits per heavy atom. The molecule has 0 bridgehead atoms. The maximum Gasteiger partial charge on any atom is 0.269 e. The SMILES string of the molecule is Cc1cc([N+](=O)[O-])ccc1C(=O)N1CCC(CCN)CC1. The molecule has 1 aromatic carbocycles. The van der Waals surface area contributed by atoms with Gasteiger partial charge in [-0.15, -0.1) is 0 Å². The summed E-state index contributed by atoms with van der Waals surface area (Å²) in [4.78, 5) is 24.6. The molecule has 1 saturated heterocycles. The largest absolute Gasteiger partial charge is 0.339 e. The predicted octanol–water partition coefficient (Wildman–Crippen LogP) is 2.10. The van der Waals surface area contributed by atoms with Crippen LogP contribution in [0.2, 0.25) is 0 Å². The van der Waals surface area contributed by atoms with E-state index in [1.165, 1.54) is 12.1 Å². The predicted molar refractivity (Wildman–Crippen MR) is 80.1 cm³/mol. The molecule has 0 radical (unpaired) electrons. The Labute approximate surface area is 124 Å². The van der Waals surface area contributed by atoms with Crippen LogP contribution in [0.3, 0.4) is 0 Å². The molecule has 1 fully saturated rings. The Morgan fingerprint density at radius 1 is 1.43 bits per heavy atom. The van der Waals surface area contributed by atoms with Gasteiger partial charge in [0, 0.05) is 30.8 Å². The maximum atomic E-state index is 12.5. The molecule has 0 unspecified atom stereocenters. The third kappa shape index (κ3) is 3.58. The van der Waals surface area contributed by atoms with Gasteiger partial charge in [0.1, 0.15) is 0 Å². The van der Waals surface area contributed by atoms with Crippen molar-refractivity contribution in [2.45, 2.75) is 26.2 Å². The van der Waals surface area contributed by atoms with E-state index in [4.69, 9.17) is 5.73 Å². The molecule has 1 aliphatic heterocycles. The zero-order chi connectivity index (χ0) is 15.4. The minimum atomic E-state index is -0.445. The van der Waals surface area contributed by atoms with E-state index in [1.807, 2.05) is 4.90 Å². The van der Waals surface area contributed by atoms with Gasteiger partial charge < -0.3 is 10.6 Å². The molecule has 2 N–H and O–H groups in total. The van der Waals surface area contributed by atoms with E-state index in [9.17, 15) is 14.9 Å².